The second-order valence-corrected chi connectivity index (χ2v) is 8.88. The van der Waals surface area contributed by atoms with Crippen LogP contribution in [-0.2, 0) is 10.2 Å². The number of likely N-dealkylation sites (tertiary alicyclic amines) is 1. The number of halogens is 1. The number of piperidine rings is 1. The highest BCUT2D eigenvalue weighted by Crippen LogP contribution is 2.42. The number of rotatable bonds is 8. The molecule has 0 atom stereocenters. The zero-order valence-electron chi connectivity index (χ0n) is 18.2. The zero-order chi connectivity index (χ0) is 21.5. The standard InChI is InChI=1S/C26H33FN2O2/c27-22-9-7-21(8-10-22)26(15-2-3-16-26)25(30)28-23-11-13-24(14-12-23)31-20-6-19-29-17-4-1-5-18-29/h7-14H,1-6,15-20H2,(H,28,30). The van der Waals surface area contributed by atoms with Crippen molar-refractivity contribution in [2.24, 2.45) is 0 Å². The summed E-state index contributed by atoms with van der Waals surface area (Å²) in [5, 5.41) is 3.08. The first kappa shape index (κ1) is 21.8. The van der Waals surface area contributed by atoms with Gasteiger partial charge in [0, 0.05) is 12.2 Å². The minimum Gasteiger partial charge on any atom is -0.494 e. The largest absolute Gasteiger partial charge is 0.494 e. The van der Waals surface area contributed by atoms with Crippen LogP contribution in [0.5, 0.6) is 5.75 Å². The highest BCUT2D eigenvalue weighted by atomic mass is 19.1. The van der Waals surface area contributed by atoms with Crippen molar-refractivity contribution in [1.29, 1.82) is 0 Å². The summed E-state index contributed by atoms with van der Waals surface area (Å²) in [6.45, 7) is 4.23. The van der Waals surface area contributed by atoms with E-state index in [2.05, 4.69) is 10.2 Å². The maximum Gasteiger partial charge on any atom is 0.235 e. The summed E-state index contributed by atoms with van der Waals surface area (Å²) in [6, 6.07) is 14.0. The number of nitrogens with zero attached hydrogens (tertiary/aromatic N) is 1. The van der Waals surface area contributed by atoms with Crippen molar-refractivity contribution >= 4 is 11.6 Å². The molecular formula is C26H33FN2O2. The van der Waals surface area contributed by atoms with Gasteiger partial charge in [0.2, 0.25) is 5.91 Å². The molecule has 1 aliphatic heterocycles. The molecule has 1 amide bonds. The SMILES string of the molecule is O=C(Nc1ccc(OCCCN2CCCCC2)cc1)C1(c2ccc(F)cc2)CCCC1. The van der Waals surface area contributed by atoms with Gasteiger partial charge in [0.15, 0.2) is 0 Å². The Hall–Kier alpha value is -2.40. The Morgan fingerprint density at radius 1 is 0.935 bits per heavy atom. The summed E-state index contributed by atoms with van der Waals surface area (Å²) in [6.07, 6.45) is 8.63. The van der Waals surface area contributed by atoms with E-state index in [1.165, 1.54) is 44.5 Å². The lowest BCUT2D eigenvalue weighted by molar-refractivity contribution is -0.121. The number of hydrogen-bond acceptors (Lipinski definition) is 3. The highest BCUT2D eigenvalue weighted by molar-refractivity contribution is 5.99. The third kappa shape index (κ3) is 5.45. The van der Waals surface area contributed by atoms with Crippen LogP contribution in [0, 0.1) is 5.82 Å². The number of amides is 1. The van der Waals surface area contributed by atoms with Gasteiger partial charge in [-0.2, -0.15) is 0 Å². The predicted octanol–water partition coefficient (Wildman–Crippen LogP) is 5.53. The number of carbonyl (C=O) groups excluding carboxylic acids is 1. The Labute approximate surface area is 184 Å². The lowest BCUT2D eigenvalue weighted by Gasteiger charge is -2.28. The molecule has 1 N–H and O–H groups in total. The van der Waals surface area contributed by atoms with Gasteiger partial charge in [-0.15, -0.1) is 0 Å². The second-order valence-electron chi connectivity index (χ2n) is 8.88. The number of ether oxygens (including phenoxy) is 1. The van der Waals surface area contributed by atoms with Gasteiger partial charge in [-0.25, -0.2) is 4.39 Å². The van der Waals surface area contributed by atoms with Crippen LogP contribution in [-0.4, -0.2) is 37.0 Å². The maximum absolute atomic E-state index is 13.4. The number of anilines is 1. The van der Waals surface area contributed by atoms with E-state index in [9.17, 15) is 9.18 Å². The van der Waals surface area contributed by atoms with Crippen molar-refractivity contribution in [3.8, 4) is 5.75 Å². The molecule has 2 aliphatic rings. The van der Waals surface area contributed by atoms with E-state index in [4.69, 9.17) is 4.74 Å². The fraction of sp³-hybridized carbons (Fsp3) is 0.500. The number of hydrogen-bond donors (Lipinski definition) is 1. The second kappa shape index (κ2) is 10.3. The minimum atomic E-state index is -0.572. The van der Waals surface area contributed by atoms with Crippen molar-refractivity contribution in [3.63, 3.8) is 0 Å². The molecule has 0 unspecified atom stereocenters. The molecule has 0 spiro atoms. The van der Waals surface area contributed by atoms with E-state index in [1.807, 2.05) is 24.3 Å². The quantitative estimate of drug-likeness (QED) is 0.567. The van der Waals surface area contributed by atoms with E-state index < -0.39 is 5.41 Å². The molecule has 2 fully saturated rings. The average Bonchev–Trinajstić information content (AvgIpc) is 3.30. The van der Waals surface area contributed by atoms with Gasteiger partial charge in [0.25, 0.3) is 0 Å². The van der Waals surface area contributed by atoms with Crippen LogP contribution in [0.2, 0.25) is 0 Å². The lowest BCUT2D eigenvalue weighted by Crippen LogP contribution is -2.38. The summed E-state index contributed by atoms with van der Waals surface area (Å²) >= 11 is 0. The first-order valence-electron chi connectivity index (χ1n) is 11.7. The molecule has 1 heterocycles. The molecule has 1 aliphatic carbocycles. The molecule has 2 aromatic carbocycles. The van der Waals surface area contributed by atoms with E-state index in [0.717, 1.165) is 55.6 Å². The van der Waals surface area contributed by atoms with Gasteiger partial charge < -0.3 is 15.0 Å². The summed E-state index contributed by atoms with van der Waals surface area (Å²) in [7, 11) is 0. The van der Waals surface area contributed by atoms with Gasteiger partial charge in [-0.3, -0.25) is 4.79 Å². The highest BCUT2D eigenvalue weighted by Gasteiger charge is 2.42. The Balaban J connectivity index is 1.30. The van der Waals surface area contributed by atoms with Crippen molar-refractivity contribution < 1.29 is 13.9 Å². The Kier molecular flexibility index (Phi) is 7.23. The van der Waals surface area contributed by atoms with Crippen molar-refractivity contribution in [2.75, 3.05) is 31.6 Å². The van der Waals surface area contributed by atoms with Crippen LogP contribution in [0.15, 0.2) is 48.5 Å². The van der Waals surface area contributed by atoms with Crippen LogP contribution >= 0.6 is 0 Å². The molecular weight excluding hydrogens is 391 g/mol. The third-order valence-electron chi connectivity index (χ3n) is 6.74. The fourth-order valence-electron chi connectivity index (χ4n) is 4.94. The topological polar surface area (TPSA) is 41.6 Å². The maximum atomic E-state index is 13.4. The van der Waals surface area contributed by atoms with Gasteiger partial charge >= 0.3 is 0 Å². The van der Waals surface area contributed by atoms with Crippen LogP contribution in [0.3, 0.4) is 0 Å². The van der Waals surface area contributed by atoms with Crippen molar-refractivity contribution in [2.45, 2.75) is 56.8 Å². The fourth-order valence-corrected chi connectivity index (χ4v) is 4.94. The molecule has 4 nitrogen and oxygen atoms in total. The molecule has 0 bridgehead atoms. The predicted molar refractivity (Wildman–Crippen MR) is 122 cm³/mol. The zero-order valence-corrected chi connectivity index (χ0v) is 18.2. The number of nitrogens with one attached hydrogen (secondary N) is 1. The van der Waals surface area contributed by atoms with Crippen LogP contribution < -0.4 is 10.1 Å². The van der Waals surface area contributed by atoms with Crippen molar-refractivity contribution in [1.82, 2.24) is 4.90 Å². The Morgan fingerprint density at radius 3 is 2.29 bits per heavy atom. The molecule has 166 valence electrons. The monoisotopic (exact) mass is 424 g/mol. The van der Waals surface area contributed by atoms with Crippen LogP contribution in [0.4, 0.5) is 10.1 Å². The van der Waals surface area contributed by atoms with Gasteiger partial charge in [-0.05, 0) is 87.2 Å². The summed E-state index contributed by atoms with van der Waals surface area (Å²) < 4.78 is 19.3. The number of benzene rings is 2. The van der Waals surface area contributed by atoms with E-state index in [0.29, 0.717) is 6.61 Å². The van der Waals surface area contributed by atoms with Gasteiger partial charge in [0.1, 0.15) is 11.6 Å². The first-order chi connectivity index (χ1) is 15.2. The molecule has 1 saturated carbocycles. The molecule has 5 heteroatoms. The molecule has 0 aromatic heterocycles. The van der Waals surface area contributed by atoms with Crippen LogP contribution in [0.25, 0.3) is 0 Å². The molecule has 0 radical (unpaired) electrons. The van der Waals surface area contributed by atoms with Gasteiger partial charge in [-0.1, -0.05) is 31.4 Å². The van der Waals surface area contributed by atoms with Crippen LogP contribution in [0.1, 0.15) is 56.9 Å². The Morgan fingerprint density at radius 2 is 1.61 bits per heavy atom. The molecule has 1 saturated heterocycles. The molecule has 2 aromatic rings. The van der Waals surface area contributed by atoms with Crippen molar-refractivity contribution in [3.05, 3.63) is 59.9 Å². The smallest absolute Gasteiger partial charge is 0.235 e. The van der Waals surface area contributed by atoms with E-state index in [1.54, 1.807) is 12.1 Å². The van der Waals surface area contributed by atoms with E-state index in [-0.39, 0.29) is 11.7 Å². The van der Waals surface area contributed by atoms with E-state index >= 15 is 0 Å². The number of carbonyl (C=O) groups is 1. The summed E-state index contributed by atoms with van der Waals surface area (Å²) in [5.41, 5.74) is 1.09. The minimum absolute atomic E-state index is 0.00759. The lowest BCUT2D eigenvalue weighted by atomic mass is 9.78. The summed E-state index contributed by atoms with van der Waals surface area (Å²) in [5.74, 6) is 0.543. The third-order valence-corrected chi connectivity index (χ3v) is 6.74. The molecule has 31 heavy (non-hydrogen) atoms. The average molecular weight is 425 g/mol. The molecule has 4 rings (SSSR count). The normalized spacial score (nSPS) is 18.6. The summed E-state index contributed by atoms with van der Waals surface area (Å²) in [4.78, 5) is 15.7. The first-order valence-corrected chi connectivity index (χ1v) is 11.7. The van der Waals surface area contributed by atoms with Gasteiger partial charge in [0.05, 0.1) is 12.0 Å². The Bertz CT molecular complexity index is 839.